The fourth-order valence-electron chi connectivity index (χ4n) is 2.79. The van der Waals surface area contributed by atoms with E-state index in [9.17, 15) is 4.79 Å². The Morgan fingerprint density at radius 1 is 1.43 bits per heavy atom. The van der Waals surface area contributed by atoms with Gasteiger partial charge in [-0.05, 0) is 17.7 Å². The van der Waals surface area contributed by atoms with Crippen molar-refractivity contribution in [3.8, 4) is 11.1 Å². The second kappa shape index (κ2) is 5.42. The molecule has 6 heteroatoms. The van der Waals surface area contributed by atoms with Crippen molar-refractivity contribution in [2.24, 2.45) is 0 Å². The summed E-state index contributed by atoms with van der Waals surface area (Å²) in [5.74, 6) is -0.805. The third-order valence-electron chi connectivity index (χ3n) is 3.78. The van der Waals surface area contributed by atoms with E-state index in [4.69, 9.17) is 22.4 Å². The normalized spacial score (nSPS) is 14.9. The summed E-state index contributed by atoms with van der Waals surface area (Å²) in [6.07, 6.45) is 2.75. The van der Waals surface area contributed by atoms with E-state index in [1.165, 1.54) is 0 Å². The lowest BCUT2D eigenvalue weighted by Crippen LogP contribution is -2.34. The van der Waals surface area contributed by atoms with E-state index < -0.39 is 5.97 Å². The molecule has 0 unspecified atom stereocenters. The summed E-state index contributed by atoms with van der Waals surface area (Å²) in [4.78, 5) is 16.1. The summed E-state index contributed by atoms with van der Waals surface area (Å²) in [5.41, 5.74) is 10.6. The number of aliphatic carboxylic acids is 1. The second-order valence-corrected chi connectivity index (χ2v) is 5.66. The Balaban J connectivity index is 1.96. The maximum atomic E-state index is 10.9. The summed E-state index contributed by atoms with van der Waals surface area (Å²) < 4.78 is 0. The van der Waals surface area contributed by atoms with Crippen molar-refractivity contribution in [1.29, 1.82) is 0 Å². The molecule has 0 spiro atoms. The highest BCUT2D eigenvalue weighted by Crippen LogP contribution is 2.35. The lowest BCUT2D eigenvalue weighted by atomic mass is 9.98. The average molecular weight is 306 g/mol. The van der Waals surface area contributed by atoms with Crippen molar-refractivity contribution in [2.45, 2.75) is 13.0 Å². The number of nitrogens with zero attached hydrogens (tertiary/aromatic N) is 1. The standard InChI is InChI=1S/C15H16ClN3O2/c16-13-5-9(17)1-2-10(13)11-6-18-14-3-4-19(7-12(11)14)8-15(20)21/h1-2,5-6,18H,3-4,7-8,17H2,(H,20,21). The van der Waals surface area contributed by atoms with E-state index in [1.54, 1.807) is 6.07 Å². The molecule has 0 saturated carbocycles. The fourth-order valence-corrected chi connectivity index (χ4v) is 3.08. The van der Waals surface area contributed by atoms with Gasteiger partial charge in [-0.15, -0.1) is 0 Å². The van der Waals surface area contributed by atoms with Gasteiger partial charge >= 0.3 is 5.97 Å². The number of anilines is 1. The summed E-state index contributed by atoms with van der Waals surface area (Å²) in [7, 11) is 0. The van der Waals surface area contributed by atoms with Crippen LogP contribution in [0.15, 0.2) is 24.4 Å². The Bertz CT molecular complexity index is 696. The zero-order valence-corrected chi connectivity index (χ0v) is 12.2. The van der Waals surface area contributed by atoms with E-state index in [0.29, 0.717) is 17.3 Å². The number of hydrogen-bond donors (Lipinski definition) is 3. The smallest absolute Gasteiger partial charge is 0.317 e. The van der Waals surface area contributed by atoms with Gasteiger partial charge in [0.2, 0.25) is 0 Å². The van der Waals surface area contributed by atoms with Crippen molar-refractivity contribution in [3.05, 3.63) is 40.7 Å². The topological polar surface area (TPSA) is 82.4 Å². The van der Waals surface area contributed by atoms with Gasteiger partial charge < -0.3 is 15.8 Å². The van der Waals surface area contributed by atoms with Gasteiger partial charge in [-0.25, -0.2) is 0 Å². The molecule has 1 aliphatic rings. The van der Waals surface area contributed by atoms with Crippen LogP contribution in [-0.4, -0.2) is 34.0 Å². The van der Waals surface area contributed by atoms with Crippen molar-refractivity contribution < 1.29 is 9.90 Å². The minimum absolute atomic E-state index is 0.0551. The molecule has 0 amide bonds. The number of nitrogens with one attached hydrogen (secondary N) is 1. The van der Waals surface area contributed by atoms with E-state index in [1.807, 2.05) is 23.2 Å². The minimum Gasteiger partial charge on any atom is -0.480 e. The van der Waals surface area contributed by atoms with E-state index >= 15 is 0 Å². The first-order chi connectivity index (χ1) is 10.0. The molecule has 21 heavy (non-hydrogen) atoms. The van der Waals surface area contributed by atoms with Crippen molar-refractivity contribution >= 4 is 23.3 Å². The number of rotatable bonds is 3. The maximum absolute atomic E-state index is 10.9. The number of halogens is 1. The quantitative estimate of drug-likeness (QED) is 0.760. The van der Waals surface area contributed by atoms with E-state index in [2.05, 4.69) is 4.98 Å². The van der Waals surface area contributed by atoms with Crippen LogP contribution in [0.4, 0.5) is 5.69 Å². The van der Waals surface area contributed by atoms with Gasteiger partial charge in [0.15, 0.2) is 0 Å². The van der Waals surface area contributed by atoms with Gasteiger partial charge in [-0.2, -0.15) is 0 Å². The number of aromatic amines is 1. The van der Waals surface area contributed by atoms with Gasteiger partial charge in [0.25, 0.3) is 0 Å². The van der Waals surface area contributed by atoms with Crippen molar-refractivity contribution in [3.63, 3.8) is 0 Å². The molecule has 1 aromatic heterocycles. The molecule has 0 fully saturated rings. The molecule has 110 valence electrons. The lowest BCUT2D eigenvalue weighted by Gasteiger charge is -2.26. The molecule has 5 nitrogen and oxygen atoms in total. The number of benzene rings is 1. The Morgan fingerprint density at radius 2 is 2.24 bits per heavy atom. The second-order valence-electron chi connectivity index (χ2n) is 5.25. The van der Waals surface area contributed by atoms with Crippen molar-refractivity contribution in [1.82, 2.24) is 9.88 Å². The van der Waals surface area contributed by atoms with Crippen LogP contribution < -0.4 is 5.73 Å². The average Bonchev–Trinajstić information content (AvgIpc) is 2.81. The van der Waals surface area contributed by atoms with Gasteiger partial charge in [-0.3, -0.25) is 9.69 Å². The fraction of sp³-hybridized carbons (Fsp3) is 0.267. The predicted octanol–water partition coefficient (Wildman–Crippen LogP) is 2.36. The van der Waals surface area contributed by atoms with Crippen LogP contribution in [0.25, 0.3) is 11.1 Å². The number of nitrogens with two attached hydrogens (primary N) is 1. The first-order valence-corrected chi connectivity index (χ1v) is 7.11. The Morgan fingerprint density at radius 3 is 2.95 bits per heavy atom. The highest BCUT2D eigenvalue weighted by Gasteiger charge is 2.23. The molecular formula is C15H16ClN3O2. The van der Waals surface area contributed by atoms with Crippen LogP contribution in [0, 0.1) is 0 Å². The number of carboxylic acid groups (broad SMARTS) is 1. The number of nitrogen functional groups attached to an aromatic ring is 1. The molecule has 3 rings (SSSR count). The van der Waals surface area contributed by atoms with Crippen molar-refractivity contribution in [2.75, 3.05) is 18.8 Å². The van der Waals surface area contributed by atoms with E-state index in [-0.39, 0.29) is 6.54 Å². The van der Waals surface area contributed by atoms with Gasteiger partial charge in [0.1, 0.15) is 0 Å². The molecule has 1 aromatic carbocycles. The highest BCUT2D eigenvalue weighted by molar-refractivity contribution is 6.33. The molecule has 0 bridgehead atoms. The SMILES string of the molecule is Nc1ccc(-c2c[nH]c3c2CN(CC(=O)O)CC3)c(Cl)c1. The number of carboxylic acids is 1. The van der Waals surface area contributed by atoms with Gasteiger partial charge in [-0.1, -0.05) is 17.7 Å². The molecule has 0 aliphatic carbocycles. The summed E-state index contributed by atoms with van der Waals surface area (Å²) in [6.45, 7) is 1.41. The monoisotopic (exact) mass is 305 g/mol. The molecule has 0 saturated heterocycles. The minimum atomic E-state index is -0.805. The van der Waals surface area contributed by atoms with Gasteiger partial charge in [0, 0.05) is 48.2 Å². The van der Waals surface area contributed by atoms with Crippen LogP contribution in [0.5, 0.6) is 0 Å². The number of fused-ring (bicyclic) bond motifs is 1. The molecule has 1 aliphatic heterocycles. The first kappa shape index (κ1) is 14.0. The number of aromatic nitrogens is 1. The largest absolute Gasteiger partial charge is 0.480 e. The molecule has 2 heterocycles. The zero-order valence-electron chi connectivity index (χ0n) is 11.4. The van der Waals surface area contributed by atoms with Crippen LogP contribution in [-0.2, 0) is 17.8 Å². The van der Waals surface area contributed by atoms with Crippen LogP contribution in [0.3, 0.4) is 0 Å². The number of carbonyl (C=O) groups is 1. The molecule has 0 atom stereocenters. The van der Waals surface area contributed by atoms with Crippen LogP contribution in [0.2, 0.25) is 5.02 Å². The summed E-state index contributed by atoms with van der Waals surface area (Å²) in [6, 6.07) is 5.45. The summed E-state index contributed by atoms with van der Waals surface area (Å²) >= 11 is 6.28. The summed E-state index contributed by atoms with van der Waals surface area (Å²) in [5, 5.41) is 9.54. The number of hydrogen-bond acceptors (Lipinski definition) is 3. The van der Waals surface area contributed by atoms with Crippen LogP contribution >= 0.6 is 11.6 Å². The van der Waals surface area contributed by atoms with Gasteiger partial charge in [0.05, 0.1) is 11.6 Å². The molecule has 4 N–H and O–H groups in total. The molecule has 0 radical (unpaired) electrons. The third-order valence-corrected chi connectivity index (χ3v) is 4.09. The number of H-pyrrole nitrogens is 1. The predicted molar refractivity (Wildman–Crippen MR) is 82.3 cm³/mol. The zero-order chi connectivity index (χ0) is 15.0. The molecule has 2 aromatic rings. The maximum Gasteiger partial charge on any atom is 0.317 e. The van der Waals surface area contributed by atoms with Crippen LogP contribution in [0.1, 0.15) is 11.3 Å². The Kier molecular flexibility index (Phi) is 3.61. The third kappa shape index (κ3) is 2.75. The highest BCUT2D eigenvalue weighted by atomic mass is 35.5. The Hall–Kier alpha value is -1.98. The lowest BCUT2D eigenvalue weighted by molar-refractivity contribution is -0.138. The first-order valence-electron chi connectivity index (χ1n) is 6.73. The Labute approximate surface area is 127 Å². The molecular weight excluding hydrogens is 290 g/mol. The van der Waals surface area contributed by atoms with E-state index in [0.717, 1.165) is 35.3 Å².